The molecule has 0 radical (unpaired) electrons. The van der Waals surface area contributed by atoms with E-state index in [-0.39, 0.29) is 5.41 Å². The van der Waals surface area contributed by atoms with Crippen molar-refractivity contribution in [2.24, 2.45) is 16.3 Å². The number of aryl methyl sites for hydroxylation is 2. The molecule has 1 atom stereocenters. The van der Waals surface area contributed by atoms with E-state index in [0.29, 0.717) is 5.92 Å². The first-order valence-electron chi connectivity index (χ1n) is 8.63. The maximum absolute atomic E-state index is 10.9. The van der Waals surface area contributed by atoms with Gasteiger partial charge in [0.2, 0.25) is 0 Å². The molecule has 0 amide bonds. The molecule has 0 aliphatic heterocycles. The highest BCUT2D eigenvalue weighted by atomic mass is 16.3. The number of aliphatic imine (C=N–C) groups is 1. The summed E-state index contributed by atoms with van der Waals surface area (Å²) in [4.78, 5) is 5.01. The molecule has 22 heavy (non-hydrogen) atoms. The van der Waals surface area contributed by atoms with E-state index in [0.717, 1.165) is 24.2 Å². The third-order valence-electron chi connectivity index (χ3n) is 4.80. The second-order valence-corrected chi connectivity index (χ2v) is 7.88. The second-order valence-electron chi connectivity index (χ2n) is 7.88. The number of aliphatic hydroxyl groups excluding tert-OH is 1. The van der Waals surface area contributed by atoms with Gasteiger partial charge in [-0.1, -0.05) is 58.2 Å². The Morgan fingerprint density at radius 2 is 1.64 bits per heavy atom. The molecule has 122 valence electrons. The highest BCUT2D eigenvalue weighted by Crippen LogP contribution is 2.34. The van der Waals surface area contributed by atoms with E-state index in [1.54, 1.807) is 0 Å². The van der Waals surface area contributed by atoms with Gasteiger partial charge in [-0.2, -0.15) is 0 Å². The minimum absolute atomic E-state index is 0.174. The molecule has 2 rings (SSSR count). The molecule has 0 heterocycles. The Kier molecular flexibility index (Phi) is 5.44. The standard InChI is InChI=1S/C20H31NO/c1-14-10-9-11-15(2)17(14)21-18(19(22)20(3,4)5)16-12-7-6-8-13-16/h9-11,16,19,22H,6-8,12-13H2,1-5H3. The zero-order valence-corrected chi connectivity index (χ0v) is 14.8. The van der Waals surface area contributed by atoms with Crippen molar-refractivity contribution in [3.63, 3.8) is 0 Å². The first-order chi connectivity index (χ1) is 10.3. The maximum Gasteiger partial charge on any atom is 0.0972 e. The smallest absolute Gasteiger partial charge is 0.0972 e. The van der Waals surface area contributed by atoms with Crippen molar-refractivity contribution in [3.05, 3.63) is 29.3 Å². The Bertz CT molecular complexity index is 513. The Balaban J connectivity index is 2.45. The van der Waals surface area contributed by atoms with E-state index in [1.807, 2.05) is 0 Å². The lowest BCUT2D eigenvalue weighted by Gasteiger charge is -2.33. The lowest BCUT2D eigenvalue weighted by molar-refractivity contribution is 0.116. The minimum Gasteiger partial charge on any atom is -0.387 e. The fourth-order valence-electron chi connectivity index (χ4n) is 3.33. The molecule has 1 saturated carbocycles. The summed E-state index contributed by atoms with van der Waals surface area (Å²) in [6.45, 7) is 10.5. The second kappa shape index (κ2) is 6.95. The first-order valence-corrected chi connectivity index (χ1v) is 8.63. The molecule has 0 aromatic heterocycles. The molecule has 1 fully saturated rings. The molecular formula is C20H31NO. The normalized spacial score (nSPS) is 19.3. The predicted molar refractivity (Wildman–Crippen MR) is 95.0 cm³/mol. The van der Waals surface area contributed by atoms with E-state index in [9.17, 15) is 5.11 Å². The van der Waals surface area contributed by atoms with Gasteiger partial charge in [-0.25, -0.2) is 0 Å². The van der Waals surface area contributed by atoms with E-state index in [2.05, 4.69) is 52.8 Å². The van der Waals surface area contributed by atoms with Crippen molar-refractivity contribution in [2.45, 2.75) is 72.8 Å². The summed E-state index contributed by atoms with van der Waals surface area (Å²) >= 11 is 0. The van der Waals surface area contributed by atoms with Gasteiger partial charge in [0.15, 0.2) is 0 Å². The van der Waals surface area contributed by atoms with Crippen LogP contribution in [0.2, 0.25) is 0 Å². The van der Waals surface area contributed by atoms with Crippen LogP contribution >= 0.6 is 0 Å². The number of nitrogens with zero attached hydrogens (tertiary/aromatic N) is 1. The number of aliphatic hydroxyl groups is 1. The van der Waals surface area contributed by atoms with E-state index < -0.39 is 6.10 Å². The van der Waals surface area contributed by atoms with Crippen LogP contribution in [-0.4, -0.2) is 16.9 Å². The van der Waals surface area contributed by atoms with Gasteiger partial charge in [0.1, 0.15) is 0 Å². The van der Waals surface area contributed by atoms with Crippen molar-refractivity contribution >= 4 is 11.4 Å². The number of rotatable bonds is 3. The average Bonchev–Trinajstić information content (AvgIpc) is 2.46. The Morgan fingerprint density at radius 1 is 1.09 bits per heavy atom. The van der Waals surface area contributed by atoms with Gasteiger partial charge in [-0.3, -0.25) is 4.99 Å². The quantitative estimate of drug-likeness (QED) is 0.749. The molecule has 1 aliphatic rings. The van der Waals surface area contributed by atoms with Gasteiger partial charge in [-0.05, 0) is 49.1 Å². The van der Waals surface area contributed by atoms with Crippen molar-refractivity contribution in [1.82, 2.24) is 0 Å². The zero-order valence-electron chi connectivity index (χ0n) is 14.8. The van der Waals surface area contributed by atoms with Crippen LogP contribution in [0.3, 0.4) is 0 Å². The molecule has 2 nitrogen and oxygen atoms in total. The van der Waals surface area contributed by atoms with Gasteiger partial charge in [0.25, 0.3) is 0 Å². The molecule has 1 unspecified atom stereocenters. The van der Waals surface area contributed by atoms with Crippen LogP contribution in [0, 0.1) is 25.2 Å². The van der Waals surface area contributed by atoms with Gasteiger partial charge in [-0.15, -0.1) is 0 Å². The summed E-state index contributed by atoms with van der Waals surface area (Å²) in [5.74, 6) is 0.432. The summed E-state index contributed by atoms with van der Waals surface area (Å²) < 4.78 is 0. The summed E-state index contributed by atoms with van der Waals surface area (Å²) in [5, 5.41) is 10.9. The Labute approximate surface area is 135 Å². The van der Waals surface area contributed by atoms with Crippen LogP contribution in [0.25, 0.3) is 0 Å². The van der Waals surface area contributed by atoms with E-state index in [4.69, 9.17) is 4.99 Å². The first kappa shape index (κ1) is 17.2. The summed E-state index contributed by atoms with van der Waals surface area (Å²) in [5.41, 5.74) is 4.26. The molecule has 1 aromatic carbocycles. The van der Waals surface area contributed by atoms with Crippen LogP contribution in [-0.2, 0) is 0 Å². The van der Waals surface area contributed by atoms with Crippen molar-refractivity contribution in [2.75, 3.05) is 0 Å². The van der Waals surface area contributed by atoms with E-state index in [1.165, 1.54) is 30.4 Å². The fourth-order valence-corrected chi connectivity index (χ4v) is 3.33. The van der Waals surface area contributed by atoms with Gasteiger partial charge in [0, 0.05) is 0 Å². The number of hydrogen-bond donors (Lipinski definition) is 1. The topological polar surface area (TPSA) is 32.6 Å². The predicted octanol–water partition coefficient (Wildman–Crippen LogP) is 5.36. The molecule has 1 N–H and O–H groups in total. The average molecular weight is 301 g/mol. The Morgan fingerprint density at radius 3 is 2.14 bits per heavy atom. The molecule has 0 spiro atoms. The van der Waals surface area contributed by atoms with Crippen LogP contribution < -0.4 is 0 Å². The van der Waals surface area contributed by atoms with Gasteiger partial charge < -0.3 is 5.11 Å². The molecule has 1 aromatic rings. The van der Waals surface area contributed by atoms with Crippen molar-refractivity contribution in [3.8, 4) is 0 Å². The highest BCUT2D eigenvalue weighted by Gasteiger charge is 2.32. The van der Waals surface area contributed by atoms with Gasteiger partial charge in [0.05, 0.1) is 17.5 Å². The minimum atomic E-state index is -0.477. The fraction of sp³-hybridized carbons (Fsp3) is 0.650. The summed E-state index contributed by atoms with van der Waals surface area (Å²) in [6, 6.07) is 6.28. The lowest BCUT2D eigenvalue weighted by atomic mass is 9.77. The van der Waals surface area contributed by atoms with E-state index >= 15 is 0 Å². The lowest BCUT2D eigenvalue weighted by Crippen LogP contribution is -2.39. The highest BCUT2D eigenvalue weighted by molar-refractivity contribution is 5.94. The third-order valence-corrected chi connectivity index (χ3v) is 4.80. The molecule has 0 saturated heterocycles. The Hall–Kier alpha value is -1.15. The van der Waals surface area contributed by atoms with Crippen LogP contribution in [0.1, 0.15) is 64.0 Å². The van der Waals surface area contributed by atoms with Crippen LogP contribution in [0.5, 0.6) is 0 Å². The molecule has 0 bridgehead atoms. The van der Waals surface area contributed by atoms with Crippen molar-refractivity contribution in [1.29, 1.82) is 0 Å². The SMILES string of the molecule is Cc1cccc(C)c1N=C(C1CCCCC1)C(O)C(C)(C)C. The number of benzene rings is 1. The largest absolute Gasteiger partial charge is 0.387 e. The number of hydrogen-bond acceptors (Lipinski definition) is 2. The molecule has 2 heteroatoms. The van der Waals surface area contributed by atoms with Crippen LogP contribution in [0.4, 0.5) is 5.69 Å². The third kappa shape index (κ3) is 3.98. The van der Waals surface area contributed by atoms with Crippen LogP contribution in [0.15, 0.2) is 23.2 Å². The number of para-hydroxylation sites is 1. The molecular weight excluding hydrogens is 270 g/mol. The van der Waals surface area contributed by atoms with Gasteiger partial charge >= 0.3 is 0 Å². The van der Waals surface area contributed by atoms with Crippen molar-refractivity contribution < 1.29 is 5.11 Å². The summed E-state index contributed by atoms with van der Waals surface area (Å²) in [7, 11) is 0. The maximum atomic E-state index is 10.9. The zero-order chi connectivity index (χ0) is 16.3. The summed E-state index contributed by atoms with van der Waals surface area (Å²) in [6.07, 6.45) is 5.68. The molecule has 1 aliphatic carbocycles. The monoisotopic (exact) mass is 301 g/mol.